The van der Waals surface area contributed by atoms with E-state index in [2.05, 4.69) is 15.3 Å². The number of nitrogens with zero attached hydrogens (tertiary/aromatic N) is 4. The number of carbonyl (C=O) groups excluding carboxylic acids is 1. The lowest BCUT2D eigenvalue weighted by atomic mass is 10.1. The maximum absolute atomic E-state index is 12.7. The van der Waals surface area contributed by atoms with Crippen molar-refractivity contribution in [2.75, 3.05) is 24.3 Å². The Morgan fingerprint density at radius 2 is 1.91 bits per heavy atom. The van der Waals surface area contributed by atoms with Crippen LogP contribution in [0.15, 0.2) is 72.2 Å². The smallest absolute Gasteiger partial charge is 0.293 e. The normalized spacial score (nSPS) is 10.6. The molecule has 0 bridgehead atoms. The number of hydrogen-bond acceptors (Lipinski definition) is 7. The summed E-state index contributed by atoms with van der Waals surface area (Å²) in [5.41, 5.74) is 3.50. The second-order valence-electron chi connectivity index (χ2n) is 7.14. The molecule has 1 N–H and O–H groups in total. The number of hydrogen-bond donors (Lipinski definition) is 1. The lowest BCUT2D eigenvalue weighted by Crippen LogP contribution is -2.15. The summed E-state index contributed by atoms with van der Waals surface area (Å²) >= 11 is 1.49. The van der Waals surface area contributed by atoms with Gasteiger partial charge in [0.15, 0.2) is 0 Å². The van der Waals surface area contributed by atoms with E-state index in [1.807, 2.05) is 41.8 Å². The third-order valence-electron chi connectivity index (χ3n) is 4.72. The van der Waals surface area contributed by atoms with E-state index in [0.717, 1.165) is 22.0 Å². The van der Waals surface area contributed by atoms with E-state index in [4.69, 9.17) is 0 Å². The van der Waals surface area contributed by atoms with Crippen LogP contribution in [0.4, 0.5) is 17.1 Å². The molecule has 2 heterocycles. The Labute approximate surface area is 188 Å². The maximum atomic E-state index is 12.7. The Balaban J connectivity index is 1.56. The molecule has 0 saturated heterocycles. The molecule has 0 fully saturated rings. The maximum Gasteiger partial charge on any atom is 0.293 e. The van der Waals surface area contributed by atoms with Crippen molar-refractivity contribution in [3.8, 4) is 22.0 Å². The van der Waals surface area contributed by atoms with Crippen molar-refractivity contribution in [2.24, 2.45) is 0 Å². The van der Waals surface area contributed by atoms with Crippen molar-refractivity contribution in [2.45, 2.75) is 0 Å². The predicted octanol–water partition coefficient (Wildman–Crippen LogP) is 5.10. The molecule has 9 heteroatoms. The van der Waals surface area contributed by atoms with Gasteiger partial charge in [-0.2, -0.15) is 0 Å². The molecular formula is C23H19N5O3S. The lowest BCUT2D eigenvalue weighted by molar-refractivity contribution is -0.384. The highest BCUT2D eigenvalue weighted by Gasteiger charge is 2.19. The number of amides is 1. The molecule has 4 aromatic rings. The van der Waals surface area contributed by atoms with Crippen molar-refractivity contribution in [3.63, 3.8) is 0 Å². The molecule has 0 radical (unpaired) electrons. The summed E-state index contributed by atoms with van der Waals surface area (Å²) in [5.74, 6) is -0.428. The van der Waals surface area contributed by atoms with Crippen molar-refractivity contribution in [1.29, 1.82) is 0 Å². The fourth-order valence-electron chi connectivity index (χ4n) is 3.16. The molecule has 4 rings (SSSR count). The van der Waals surface area contributed by atoms with Crippen LogP contribution in [0.5, 0.6) is 0 Å². The summed E-state index contributed by atoms with van der Waals surface area (Å²) in [5, 5.41) is 17.0. The molecule has 160 valence electrons. The van der Waals surface area contributed by atoms with Crippen LogP contribution in [-0.2, 0) is 0 Å². The minimum Gasteiger partial charge on any atom is -0.372 e. The number of pyridine rings is 1. The fourth-order valence-corrected chi connectivity index (χ4v) is 3.97. The van der Waals surface area contributed by atoms with Gasteiger partial charge in [0.25, 0.3) is 11.6 Å². The van der Waals surface area contributed by atoms with Crippen LogP contribution in [0.2, 0.25) is 0 Å². The van der Waals surface area contributed by atoms with Gasteiger partial charge in [-0.15, -0.1) is 11.3 Å². The van der Waals surface area contributed by atoms with Crippen LogP contribution in [-0.4, -0.2) is 34.9 Å². The molecule has 0 aliphatic rings. The van der Waals surface area contributed by atoms with Gasteiger partial charge in [0, 0.05) is 48.6 Å². The number of anilines is 2. The largest absolute Gasteiger partial charge is 0.372 e. The Bertz CT molecular complexity index is 1290. The number of benzene rings is 2. The van der Waals surface area contributed by atoms with Crippen molar-refractivity contribution >= 4 is 34.3 Å². The van der Waals surface area contributed by atoms with Gasteiger partial charge in [-0.1, -0.05) is 18.2 Å². The van der Waals surface area contributed by atoms with E-state index in [1.165, 1.54) is 17.4 Å². The third kappa shape index (κ3) is 4.47. The number of nitro groups is 1. The second kappa shape index (κ2) is 8.94. The minimum absolute atomic E-state index is 0.124. The summed E-state index contributed by atoms with van der Waals surface area (Å²) in [6, 6.07) is 17.4. The van der Waals surface area contributed by atoms with Crippen LogP contribution in [0.3, 0.4) is 0 Å². The zero-order valence-corrected chi connectivity index (χ0v) is 18.2. The number of nitro benzene ring substituents is 1. The van der Waals surface area contributed by atoms with E-state index < -0.39 is 10.8 Å². The summed E-state index contributed by atoms with van der Waals surface area (Å²) in [4.78, 5) is 34.3. The van der Waals surface area contributed by atoms with E-state index in [0.29, 0.717) is 11.4 Å². The van der Waals surface area contributed by atoms with Crippen LogP contribution in [0.1, 0.15) is 10.4 Å². The number of thiazole rings is 1. The Morgan fingerprint density at radius 1 is 1.06 bits per heavy atom. The van der Waals surface area contributed by atoms with E-state index in [1.54, 1.807) is 43.4 Å². The molecule has 0 aliphatic carbocycles. The van der Waals surface area contributed by atoms with E-state index >= 15 is 0 Å². The summed E-state index contributed by atoms with van der Waals surface area (Å²) in [6.45, 7) is 0. The second-order valence-corrected chi connectivity index (χ2v) is 8.00. The van der Waals surface area contributed by atoms with Crippen LogP contribution < -0.4 is 10.2 Å². The van der Waals surface area contributed by atoms with Gasteiger partial charge in [-0.25, -0.2) is 4.98 Å². The summed E-state index contributed by atoms with van der Waals surface area (Å²) in [7, 11) is 3.43. The van der Waals surface area contributed by atoms with E-state index in [-0.39, 0.29) is 11.3 Å². The average Bonchev–Trinajstić information content (AvgIpc) is 3.30. The molecule has 0 saturated carbocycles. The first-order valence-corrected chi connectivity index (χ1v) is 10.5. The predicted molar refractivity (Wildman–Crippen MR) is 126 cm³/mol. The van der Waals surface area contributed by atoms with Gasteiger partial charge in [0.2, 0.25) is 0 Å². The van der Waals surface area contributed by atoms with E-state index in [9.17, 15) is 14.9 Å². The first-order valence-electron chi connectivity index (χ1n) is 9.67. The van der Waals surface area contributed by atoms with Crippen LogP contribution in [0, 0.1) is 10.1 Å². The highest BCUT2D eigenvalue weighted by molar-refractivity contribution is 7.13. The van der Waals surface area contributed by atoms with Crippen LogP contribution >= 0.6 is 11.3 Å². The van der Waals surface area contributed by atoms with Gasteiger partial charge in [-0.3, -0.25) is 19.9 Å². The first-order chi connectivity index (χ1) is 15.4. The van der Waals surface area contributed by atoms with Crippen molar-refractivity contribution in [1.82, 2.24) is 9.97 Å². The summed E-state index contributed by atoms with van der Waals surface area (Å²) < 4.78 is 0. The van der Waals surface area contributed by atoms with Gasteiger partial charge in [-0.05, 0) is 36.4 Å². The number of rotatable bonds is 6. The van der Waals surface area contributed by atoms with Crippen molar-refractivity contribution in [3.05, 3.63) is 87.9 Å². The van der Waals surface area contributed by atoms with Crippen molar-refractivity contribution < 1.29 is 9.72 Å². The van der Waals surface area contributed by atoms with Gasteiger partial charge in [0.05, 0.1) is 16.3 Å². The standard InChI is InChI=1S/C23H19N5O3S/c1-27(2)20-10-9-16(13-21(20)28(30)31)22(29)25-17-7-5-6-15(12-17)19-14-32-23(26-19)18-8-3-4-11-24-18/h3-14H,1-2H3,(H,25,29). The minimum atomic E-state index is -0.492. The molecule has 32 heavy (non-hydrogen) atoms. The highest BCUT2D eigenvalue weighted by atomic mass is 32.1. The Morgan fingerprint density at radius 3 is 2.62 bits per heavy atom. The molecule has 0 unspecified atom stereocenters. The quantitative estimate of drug-likeness (QED) is 0.327. The molecule has 2 aromatic heterocycles. The number of carbonyl (C=O) groups is 1. The monoisotopic (exact) mass is 445 g/mol. The molecule has 0 aliphatic heterocycles. The zero-order chi connectivity index (χ0) is 22.7. The molecule has 1 amide bonds. The third-order valence-corrected chi connectivity index (χ3v) is 5.59. The van der Waals surface area contributed by atoms with Gasteiger partial charge >= 0.3 is 0 Å². The highest BCUT2D eigenvalue weighted by Crippen LogP contribution is 2.30. The van der Waals surface area contributed by atoms with Crippen LogP contribution in [0.25, 0.3) is 22.0 Å². The number of aromatic nitrogens is 2. The summed E-state index contributed by atoms with van der Waals surface area (Å²) in [6.07, 6.45) is 1.72. The van der Waals surface area contributed by atoms with Gasteiger partial charge in [0.1, 0.15) is 10.7 Å². The lowest BCUT2D eigenvalue weighted by Gasteiger charge is -2.13. The van der Waals surface area contributed by atoms with Gasteiger partial charge < -0.3 is 10.2 Å². The molecule has 8 nitrogen and oxygen atoms in total. The molecule has 0 atom stereocenters. The first kappa shape index (κ1) is 21.1. The topological polar surface area (TPSA) is 101 Å². The molecule has 0 spiro atoms. The SMILES string of the molecule is CN(C)c1ccc(C(=O)Nc2cccc(-c3csc(-c4ccccn4)n3)c2)cc1[N+](=O)[O-]. The average molecular weight is 446 g/mol. The Hall–Kier alpha value is -4.11. The fraction of sp³-hybridized carbons (Fsp3) is 0.0870. The molecular weight excluding hydrogens is 426 g/mol. The molecule has 2 aromatic carbocycles. The Kier molecular flexibility index (Phi) is 5.91. The zero-order valence-electron chi connectivity index (χ0n) is 17.4. The number of nitrogens with one attached hydrogen (secondary N) is 1.